The van der Waals surface area contributed by atoms with E-state index in [0.717, 1.165) is 10.3 Å². The summed E-state index contributed by atoms with van der Waals surface area (Å²) in [5.41, 5.74) is 2.85. The van der Waals surface area contributed by atoms with Crippen molar-refractivity contribution in [1.29, 1.82) is 0 Å². The number of aromatic nitrogens is 5. The molecule has 0 unspecified atom stereocenters. The standard InChI is InChI=1S/C17H16N6O2S/c1-10-12-5-3-4-6-13(12)16(25)22(21-10)8-15(24)19-11(2)14-7-23-17(20-14)26-9-18-23/h3-7,9,11H,8H2,1-2H3,(H,19,24)/t11-/m0/s1. The first-order valence-electron chi connectivity index (χ1n) is 8.07. The summed E-state index contributed by atoms with van der Waals surface area (Å²) in [4.78, 5) is 30.1. The molecule has 4 aromatic rings. The van der Waals surface area contributed by atoms with Gasteiger partial charge >= 0.3 is 0 Å². The van der Waals surface area contributed by atoms with Crippen LogP contribution < -0.4 is 10.9 Å². The molecule has 3 heterocycles. The summed E-state index contributed by atoms with van der Waals surface area (Å²) in [6.07, 6.45) is 1.78. The van der Waals surface area contributed by atoms with Gasteiger partial charge in [-0.05, 0) is 19.9 Å². The van der Waals surface area contributed by atoms with Gasteiger partial charge in [0.2, 0.25) is 10.9 Å². The Kier molecular flexibility index (Phi) is 4.00. The molecule has 8 nitrogen and oxygen atoms in total. The van der Waals surface area contributed by atoms with Gasteiger partial charge in [-0.3, -0.25) is 9.59 Å². The number of fused-ring (bicyclic) bond motifs is 2. The van der Waals surface area contributed by atoms with Crippen molar-refractivity contribution >= 4 is 33.0 Å². The van der Waals surface area contributed by atoms with Crippen LogP contribution in [0.25, 0.3) is 15.7 Å². The van der Waals surface area contributed by atoms with Crippen LogP contribution in [0.4, 0.5) is 0 Å². The van der Waals surface area contributed by atoms with Crippen molar-refractivity contribution in [1.82, 2.24) is 29.7 Å². The van der Waals surface area contributed by atoms with Crippen molar-refractivity contribution in [2.45, 2.75) is 26.4 Å². The number of carbonyl (C=O) groups is 1. The van der Waals surface area contributed by atoms with E-state index in [4.69, 9.17) is 0 Å². The number of amides is 1. The highest BCUT2D eigenvalue weighted by atomic mass is 32.1. The van der Waals surface area contributed by atoms with Crippen LogP contribution in [0, 0.1) is 6.92 Å². The lowest BCUT2D eigenvalue weighted by atomic mass is 10.1. The van der Waals surface area contributed by atoms with Crippen LogP contribution in [0.3, 0.4) is 0 Å². The molecule has 0 saturated heterocycles. The summed E-state index contributed by atoms with van der Waals surface area (Å²) in [5, 5.41) is 12.6. The van der Waals surface area contributed by atoms with E-state index in [9.17, 15) is 9.59 Å². The molecular weight excluding hydrogens is 352 g/mol. The maximum absolute atomic E-state index is 12.6. The number of nitrogens with one attached hydrogen (secondary N) is 1. The Hall–Kier alpha value is -3.07. The second kappa shape index (κ2) is 6.34. The highest BCUT2D eigenvalue weighted by Crippen LogP contribution is 2.15. The van der Waals surface area contributed by atoms with Crippen molar-refractivity contribution in [3.63, 3.8) is 0 Å². The van der Waals surface area contributed by atoms with Gasteiger partial charge in [0.15, 0.2) is 0 Å². The van der Waals surface area contributed by atoms with E-state index >= 15 is 0 Å². The monoisotopic (exact) mass is 368 g/mol. The van der Waals surface area contributed by atoms with E-state index in [1.165, 1.54) is 16.0 Å². The molecule has 0 bridgehead atoms. The van der Waals surface area contributed by atoms with Crippen molar-refractivity contribution in [3.8, 4) is 0 Å². The van der Waals surface area contributed by atoms with E-state index in [1.54, 1.807) is 28.4 Å². The molecular formula is C17H16N6O2S. The molecule has 1 aromatic carbocycles. The third-order valence-electron chi connectivity index (χ3n) is 4.17. The van der Waals surface area contributed by atoms with Crippen LogP contribution in [0.2, 0.25) is 0 Å². The SMILES string of the molecule is Cc1nn(CC(=O)N[C@@H](C)c2cn3ncsc3n2)c(=O)c2ccccc12. The van der Waals surface area contributed by atoms with Crippen LogP contribution in [-0.4, -0.2) is 30.3 Å². The quantitative estimate of drug-likeness (QED) is 0.591. The van der Waals surface area contributed by atoms with Crippen molar-refractivity contribution in [2.24, 2.45) is 0 Å². The molecule has 0 aliphatic carbocycles. The number of aryl methyl sites for hydroxylation is 1. The van der Waals surface area contributed by atoms with E-state index in [2.05, 4.69) is 20.5 Å². The van der Waals surface area contributed by atoms with Gasteiger partial charge in [-0.2, -0.15) is 10.2 Å². The number of nitrogens with zero attached hydrogens (tertiary/aromatic N) is 5. The third kappa shape index (κ3) is 2.86. The minimum Gasteiger partial charge on any atom is -0.346 e. The number of imidazole rings is 1. The van der Waals surface area contributed by atoms with Crippen molar-refractivity contribution in [2.75, 3.05) is 0 Å². The minimum atomic E-state index is -0.300. The molecule has 0 radical (unpaired) electrons. The topological polar surface area (TPSA) is 94.2 Å². The van der Waals surface area contributed by atoms with Gasteiger partial charge in [-0.1, -0.05) is 29.5 Å². The zero-order valence-electron chi connectivity index (χ0n) is 14.2. The summed E-state index contributed by atoms with van der Waals surface area (Å²) in [6.45, 7) is 3.52. The second-order valence-electron chi connectivity index (χ2n) is 6.01. The van der Waals surface area contributed by atoms with Gasteiger partial charge < -0.3 is 5.32 Å². The smallest absolute Gasteiger partial charge is 0.275 e. The molecule has 132 valence electrons. The number of hydrogen-bond acceptors (Lipinski definition) is 6. The van der Waals surface area contributed by atoms with Crippen LogP contribution in [0.1, 0.15) is 24.4 Å². The Balaban J connectivity index is 1.54. The Morgan fingerprint density at radius 2 is 2.08 bits per heavy atom. The normalized spacial score (nSPS) is 12.5. The second-order valence-corrected chi connectivity index (χ2v) is 6.83. The lowest BCUT2D eigenvalue weighted by Gasteiger charge is -2.13. The van der Waals surface area contributed by atoms with Gasteiger partial charge in [0.1, 0.15) is 12.1 Å². The first kappa shape index (κ1) is 16.4. The Bertz CT molecular complexity index is 1150. The summed E-state index contributed by atoms with van der Waals surface area (Å²) in [6, 6.07) is 6.96. The molecule has 4 rings (SSSR count). The predicted octanol–water partition coefficient (Wildman–Crippen LogP) is 1.69. The average molecular weight is 368 g/mol. The Labute approximate surface area is 152 Å². The van der Waals surface area contributed by atoms with Crippen molar-refractivity contribution < 1.29 is 4.79 Å². The van der Waals surface area contributed by atoms with Crippen LogP contribution in [0.15, 0.2) is 40.8 Å². The summed E-state index contributed by atoms with van der Waals surface area (Å²) in [7, 11) is 0. The minimum absolute atomic E-state index is 0.144. The molecule has 0 saturated carbocycles. The van der Waals surface area contributed by atoms with Gasteiger partial charge in [-0.25, -0.2) is 14.2 Å². The maximum Gasteiger partial charge on any atom is 0.275 e. The van der Waals surface area contributed by atoms with E-state index in [1.807, 2.05) is 26.0 Å². The van der Waals surface area contributed by atoms with Gasteiger partial charge in [0.25, 0.3) is 5.56 Å². The van der Waals surface area contributed by atoms with Crippen LogP contribution in [0.5, 0.6) is 0 Å². The highest BCUT2D eigenvalue weighted by molar-refractivity contribution is 7.14. The summed E-state index contributed by atoms with van der Waals surface area (Å²) < 4.78 is 2.87. The largest absolute Gasteiger partial charge is 0.346 e. The predicted molar refractivity (Wildman–Crippen MR) is 98.2 cm³/mol. The first-order chi connectivity index (χ1) is 12.5. The van der Waals surface area contributed by atoms with Gasteiger partial charge in [-0.15, -0.1) is 0 Å². The lowest BCUT2D eigenvalue weighted by Crippen LogP contribution is -2.35. The molecule has 1 atom stereocenters. The first-order valence-corrected chi connectivity index (χ1v) is 8.95. The Morgan fingerprint density at radius 1 is 1.31 bits per heavy atom. The van der Waals surface area contributed by atoms with E-state index in [0.29, 0.717) is 16.8 Å². The van der Waals surface area contributed by atoms with Crippen molar-refractivity contribution in [3.05, 3.63) is 57.7 Å². The molecule has 0 spiro atoms. The molecule has 0 fully saturated rings. The van der Waals surface area contributed by atoms with Crippen LogP contribution in [-0.2, 0) is 11.3 Å². The molecule has 0 aliphatic heterocycles. The van der Waals surface area contributed by atoms with Crippen LogP contribution >= 0.6 is 11.3 Å². The molecule has 1 N–H and O–H groups in total. The van der Waals surface area contributed by atoms with Gasteiger partial charge in [0.05, 0.1) is 29.0 Å². The highest BCUT2D eigenvalue weighted by Gasteiger charge is 2.16. The summed E-state index contributed by atoms with van der Waals surface area (Å²) >= 11 is 1.42. The van der Waals surface area contributed by atoms with E-state index in [-0.39, 0.29) is 24.1 Å². The number of carbonyl (C=O) groups excluding carboxylic acids is 1. The number of rotatable bonds is 4. The van der Waals surface area contributed by atoms with Gasteiger partial charge in [0, 0.05) is 5.39 Å². The number of benzene rings is 1. The van der Waals surface area contributed by atoms with E-state index < -0.39 is 0 Å². The molecule has 26 heavy (non-hydrogen) atoms. The maximum atomic E-state index is 12.6. The Morgan fingerprint density at radius 3 is 2.85 bits per heavy atom. The average Bonchev–Trinajstić information content (AvgIpc) is 3.21. The zero-order chi connectivity index (χ0) is 18.3. The number of hydrogen-bond donors (Lipinski definition) is 1. The fourth-order valence-corrected chi connectivity index (χ4v) is 3.48. The fourth-order valence-electron chi connectivity index (χ4n) is 2.87. The lowest BCUT2D eigenvalue weighted by molar-refractivity contribution is -0.122. The molecule has 3 aromatic heterocycles. The molecule has 0 aliphatic rings. The zero-order valence-corrected chi connectivity index (χ0v) is 15.0. The fraction of sp³-hybridized carbons (Fsp3) is 0.235. The summed E-state index contributed by atoms with van der Waals surface area (Å²) in [5.74, 6) is -0.300. The third-order valence-corrected chi connectivity index (χ3v) is 4.86. The molecule has 1 amide bonds. The molecule has 9 heteroatoms.